The molecule has 0 saturated carbocycles. The van der Waals surface area contributed by atoms with E-state index in [2.05, 4.69) is 46.1 Å². The largest absolute Gasteiger partial charge is 0.463 e. The number of ether oxygens (including phenoxy) is 1. The first-order valence-electron chi connectivity index (χ1n) is 10.0. The lowest BCUT2D eigenvalue weighted by Gasteiger charge is -2.20. The van der Waals surface area contributed by atoms with E-state index in [1.807, 2.05) is 24.3 Å². The molecule has 7 nitrogen and oxygen atoms in total. The van der Waals surface area contributed by atoms with Crippen LogP contribution in [-0.4, -0.2) is 23.0 Å². The summed E-state index contributed by atoms with van der Waals surface area (Å²) in [4.78, 5) is 20.0. The van der Waals surface area contributed by atoms with E-state index in [0.717, 1.165) is 17.4 Å². The van der Waals surface area contributed by atoms with Crippen LogP contribution in [0.15, 0.2) is 59.1 Å². The van der Waals surface area contributed by atoms with Gasteiger partial charge < -0.3 is 19.8 Å². The van der Waals surface area contributed by atoms with Gasteiger partial charge in [-0.05, 0) is 47.4 Å². The summed E-state index contributed by atoms with van der Waals surface area (Å²) in [5.41, 5.74) is 3.01. The first-order valence-corrected chi connectivity index (χ1v) is 10.0. The van der Waals surface area contributed by atoms with Crippen LogP contribution in [0.1, 0.15) is 36.9 Å². The molecule has 0 aliphatic rings. The lowest BCUT2D eigenvalue weighted by molar-refractivity contribution is 0.0567. The summed E-state index contributed by atoms with van der Waals surface area (Å²) < 4.78 is 24.5. The first-order chi connectivity index (χ1) is 15.2. The number of benzene rings is 2. The predicted octanol–water partition coefficient (Wildman–Crippen LogP) is 5.93. The monoisotopic (exact) mass is 434 g/mol. The Labute approximate surface area is 184 Å². The van der Waals surface area contributed by atoms with Gasteiger partial charge in [-0.2, -0.15) is 4.98 Å². The highest BCUT2D eigenvalue weighted by Gasteiger charge is 2.15. The van der Waals surface area contributed by atoms with Gasteiger partial charge in [0.2, 0.25) is 11.7 Å². The van der Waals surface area contributed by atoms with Gasteiger partial charge in [-0.15, -0.1) is 0 Å². The molecule has 2 N–H and O–H groups in total. The fraction of sp³-hybridized carbons (Fsp3) is 0.208. The van der Waals surface area contributed by atoms with E-state index in [-0.39, 0.29) is 22.9 Å². The number of methoxy groups -OCH3 is 1. The number of nitrogens with one attached hydrogen (secondary N) is 2. The third kappa shape index (κ3) is 4.54. The van der Waals surface area contributed by atoms with E-state index >= 15 is 0 Å². The van der Waals surface area contributed by atoms with Crippen LogP contribution in [0.25, 0.3) is 11.0 Å². The Morgan fingerprint density at radius 3 is 2.59 bits per heavy atom. The minimum Gasteiger partial charge on any atom is -0.463 e. The summed E-state index contributed by atoms with van der Waals surface area (Å²) in [6, 6.07) is 14.6. The van der Waals surface area contributed by atoms with Gasteiger partial charge in [-0.25, -0.2) is 14.2 Å². The highest BCUT2D eigenvalue weighted by atomic mass is 19.1. The number of fused-ring (bicyclic) bond motifs is 1. The second-order valence-corrected chi connectivity index (χ2v) is 8.33. The molecule has 0 fully saturated rings. The highest BCUT2D eigenvalue weighted by molar-refractivity contribution is 5.93. The third-order valence-corrected chi connectivity index (χ3v) is 4.89. The number of anilines is 4. The number of nitrogens with zero attached hydrogens (tertiary/aromatic N) is 2. The lowest BCUT2D eigenvalue weighted by atomic mass is 9.87. The van der Waals surface area contributed by atoms with E-state index in [9.17, 15) is 9.18 Å². The van der Waals surface area contributed by atoms with Crippen LogP contribution in [0.2, 0.25) is 0 Å². The van der Waals surface area contributed by atoms with Crippen molar-refractivity contribution < 1.29 is 18.3 Å². The van der Waals surface area contributed by atoms with Crippen molar-refractivity contribution in [2.24, 2.45) is 0 Å². The molecule has 4 rings (SSSR count). The predicted molar refractivity (Wildman–Crippen MR) is 121 cm³/mol. The zero-order valence-corrected chi connectivity index (χ0v) is 18.2. The van der Waals surface area contributed by atoms with Crippen molar-refractivity contribution in [1.82, 2.24) is 9.97 Å². The summed E-state index contributed by atoms with van der Waals surface area (Å²) in [5.74, 6) is -0.724. The minimum absolute atomic E-state index is 0.0336. The van der Waals surface area contributed by atoms with Crippen LogP contribution in [-0.2, 0) is 10.2 Å². The molecular weight excluding hydrogens is 411 g/mol. The second-order valence-electron chi connectivity index (χ2n) is 8.33. The number of carbonyl (C=O) groups is 1. The van der Waals surface area contributed by atoms with Crippen molar-refractivity contribution in [2.45, 2.75) is 26.2 Å². The maximum Gasteiger partial charge on any atom is 0.373 e. The average Bonchev–Trinajstić information content (AvgIpc) is 3.18. The van der Waals surface area contributed by atoms with Crippen molar-refractivity contribution in [2.75, 3.05) is 17.7 Å². The molecule has 0 atom stereocenters. The molecule has 8 heteroatoms. The summed E-state index contributed by atoms with van der Waals surface area (Å²) >= 11 is 0. The number of halogens is 1. The zero-order chi connectivity index (χ0) is 22.9. The standard InChI is InChI=1S/C24H23FN4O3/c1-24(2,3)15-6-5-7-16(12-15)27-21-18(25)13-26-23(29-21)28-17-8-9-19-14(10-17)11-20(32-19)22(30)31-4/h5-13H,1-4H3,(H2,26,27,28,29). The smallest absolute Gasteiger partial charge is 0.373 e. The molecule has 0 amide bonds. The molecule has 0 saturated heterocycles. The fourth-order valence-electron chi connectivity index (χ4n) is 3.17. The van der Waals surface area contributed by atoms with Crippen LogP contribution in [0, 0.1) is 5.82 Å². The minimum atomic E-state index is -0.565. The van der Waals surface area contributed by atoms with Gasteiger partial charge in [-0.3, -0.25) is 0 Å². The van der Waals surface area contributed by atoms with Crippen molar-refractivity contribution in [3.05, 3.63) is 71.9 Å². The Kier molecular flexibility index (Phi) is 5.52. The molecule has 2 heterocycles. The Morgan fingerprint density at radius 2 is 1.84 bits per heavy atom. The summed E-state index contributed by atoms with van der Waals surface area (Å²) in [6.45, 7) is 6.35. The van der Waals surface area contributed by atoms with Gasteiger partial charge in [0.15, 0.2) is 11.6 Å². The molecule has 0 spiro atoms. The van der Waals surface area contributed by atoms with Gasteiger partial charge in [0.25, 0.3) is 0 Å². The first kappa shape index (κ1) is 21.3. The Morgan fingerprint density at radius 1 is 1.06 bits per heavy atom. The summed E-state index contributed by atoms with van der Waals surface area (Å²) in [5, 5.41) is 6.78. The molecular formula is C24H23FN4O3. The van der Waals surface area contributed by atoms with Crippen LogP contribution in [0.5, 0.6) is 0 Å². The maximum absolute atomic E-state index is 14.4. The van der Waals surface area contributed by atoms with E-state index in [1.54, 1.807) is 24.3 Å². The molecule has 0 radical (unpaired) electrons. The Bertz CT molecular complexity index is 1290. The highest BCUT2D eigenvalue weighted by Crippen LogP contribution is 2.28. The molecule has 2 aromatic heterocycles. The molecule has 4 aromatic rings. The van der Waals surface area contributed by atoms with Crippen LogP contribution < -0.4 is 10.6 Å². The van der Waals surface area contributed by atoms with Crippen molar-refractivity contribution >= 4 is 40.1 Å². The van der Waals surface area contributed by atoms with E-state index in [4.69, 9.17) is 4.42 Å². The quantitative estimate of drug-likeness (QED) is 0.376. The number of aromatic nitrogens is 2. The Hall–Kier alpha value is -3.94. The van der Waals surface area contributed by atoms with E-state index in [0.29, 0.717) is 16.7 Å². The molecule has 32 heavy (non-hydrogen) atoms. The second kappa shape index (κ2) is 8.30. The van der Waals surface area contributed by atoms with Crippen LogP contribution in [0.3, 0.4) is 0 Å². The van der Waals surface area contributed by atoms with Crippen molar-refractivity contribution in [3.8, 4) is 0 Å². The van der Waals surface area contributed by atoms with Gasteiger partial charge in [0.1, 0.15) is 5.58 Å². The van der Waals surface area contributed by atoms with Crippen molar-refractivity contribution in [3.63, 3.8) is 0 Å². The third-order valence-electron chi connectivity index (χ3n) is 4.89. The van der Waals surface area contributed by atoms with Crippen LogP contribution in [0.4, 0.5) is 27.5 Å². The molecule has 0 aliphatic carbocycles. The summed E-state index contributed by atoms with van der Waals surface area (Å²) in [6.07, 6.45) is 1.11. The summed E-state index contributed by atoms with van der Waals surface area (Å²) in [7, 11) is 1.29. The number of rotatable bonds is 5. The van der Waals surface area contributed by atoms with E-state index < -0.39 is 11.8 Å². The molecule has 164 valence electrons. The fourth-order valence-corrected chi connectivity index (χ4v) is 3.17. The lowest BCUT2D eigenvalue weighted by Crippen LogP contribution is -2.11. The number of carbonyl (C=O) groups excluding carboxylic acids is 1. The normalized spacial score (nSPS) is 11.4. The Balaban J connectivity index is 1.57. The van der Waals surface area contributed by atoms with Gasteiger partial charge in [0, 0.05) is 16.8 Å². The molecule has 0 unspecified atom stereocenters. The SMILES string of the molecule is COC(=O)c1cc2cc(Nc3ncc(F)c(Nc4cccc(C(C)(C)C)c4)n3)ccc2o1. The average molecular weight is 434 g/mol. The van der Waals surface area contributed by atoms with Gasteiger partial charge in [-0.1, -0.05) is 32.9 Å². The zero-order valence-electron chi connectivity index (χ0n) is 18.2. The number of esters is 1. The molecule has 2 aromatic carbocycles. The van der Waals surface area contributed by atoms with E-state index in [1.165, 1.54) is 7.11 Å². The number of furan rings is 1. The maximum atomic E-state index is 14.4. The molecule has 0 bridgehead atoms. The topological polar surface area (TPSA) is 89.3 Å². The van der Waals surface area contributed by atoms with Gasteiger partial charge >= 0.3 is 5.97 Å². The van der Waals surface area contributed by atoms with Crippen LogP contribution >= 0.6 is 0 Å². The van der Waals surface area contributed by atoms with Crippen molar-refractivity contribution in [1.29, 1.82) is 0 Å². The number of hydrogen-bond donors (Lipinski definition) is 2. The number of hydrogen-bond acceptors (Lipinski definition) is 7. The molecule has 0 aliphatic heterocycles. The van der Waals surface area contributed by atoms with Gasteiger partial charge in [0.05, 0.1) is 13.3 Å².